The highest BCUT2D eigenvalue weighted by atomic mass is 16.1. The van der Waals surface area contributed by atoms with Gasteiger partial charge in [0.25, 0.3) is 5.56 Å². The smallest absolute Gasteiger partial charge is 0.252 e. The molecule has 0 saturated carbocycles. The zero-order chi connectivity index (χ0) is 16.9. The molecule has 0 aliphatic carbocycles. The van der Waals surface area contributed by atoms with Crippen molar-refractivity contribution in [3.05, 3.63) is 46.4 Å². The summed E-state index contributed by atoms with van der Waals surface area (Å²) < 4.78 is 0. The van der Waals surface area contributed by atoms with Crippen molar-refractivity contribution in [3.63, 3.8) is 0 Å². The maximum absolute atomic E-state index is 11.7. The average molecular weight is 326 g/mol. The summed E-state index contributed by atoms with van der Waals surface area (Å²) in [5, 5.41) is 3.20. The van der Waals surface area contributed by atoms with Crippen LogP contribution in [0.25, 0.3) is 0 Å². The molecule has 3 rings (SSSR count). The van der Waals surface area contributed by atoms with Crippen LogP contribution in [0, 0.1) is 5.92 Å². The molecule has 24 heavy (non-hydrogen) atoms. The first-order valence-corrected chi connectivity index (χ1v) is 8.86. The third-order valence-electron chi connectivity index (χ3n) is 4.58. The van der Waals surface area contributed by atoms with Crippen molar-refractivity contribution < 1.29 is 0 Å². The predicted octanol–water partition coefficient (Wildman–Crippen LogP) is 3.70. The van der Waals surface area contributed by atoms with Crippen LogP contribution in [0.1, 0.15) is 38.8 Å². The van der Waals surface area contributed by atoms with Crippen LogP contribution in [-0.4, -0.2) is 23.1 Å². The molecule has 0 radical (unpaired) electrons. The standard InChI is InChI=1S/C19H26N4O/c1-3-4-16-13-18(24)22-19(21-16)20-15-5-7-17(8-6-15)23-11-9-14(2)10-12-23/h5-8,13-14H,3-4,9-12H2,1-2H3,(H2,20,21,22,24). The van der Waals surface area contributed by atoms with E-state index in [0.717, 1.165) is 43.2 Å². The van der Waals surface area contributed by atoms with Gasteiger partial charge in [0.1, 0.15) is 0 Å². The molecule has 0 spiro atoms. The molecule has 1 aromatic heterocycles. The molecule has 0 bridgehead atoms. The fraction of sp³-hybridized carbons (Fsp3) is 0.474. The van der Waals surface area contributed by atoms with Crippen molar-refractivity contribution in [1.82, 2.24) is 9.97 Å². The van der Waals surface area contributed by atoms with E-state index in [2.05, 4.69) is 46.2 Å². The van der Waals surface area contributed by atoms with Crippen molar-refractivity contribution in [1.29, 1.82) is 0 Å². The first-order valence-electron chi connectivity index (χ1n) is 8.86. The summed E-state index contributed by atoms with van der Waals surface area (Å²) in [6.07, 6.45) is 4.30. The van der Waals surface area contributed by atoms with E-state index in [0.29, 0.717) is 5.95 Å². The van der Waals surface area contributed by atoms with Crippen LogP contribution >= 0.6 is 0 Å². The van der Waals surface area contributed by atoms with Crippen LogP contribution in [0.4, 0.5) is 17.3 Å². The molecular formula is C19H26N4O. The fourth-order valence-corrected chi connectivity index (χ4v) is 3.11. The molecule has 1 aliphatic heterocycles. The van der Waals surface area contributed by atoms with Gasteiger partial charge in [-0.15, -0.1) is 0 Å². The van der Waals surface area contributed by atoms with Crippen LogP contribution in [0.3, 0.4) is 0 Å². The van der Waals surface area contributed by atoms with Crippen molar-refractivity contribution >= 4 is 17.3 Å². The van der Waals surface area contributed by atoms with E-state index in [1.54, 1.807) is 6.07 Å². The largest absolute Gasteiger partial charge is 0.372 e. The Morgan fingerprint density at radius 3 is 2.62 bits per heavy atom. The molecule has 0 unspecified atom stereocenters. The highest BCUT2D eigenvalue weighted by Crippen LogP contribution is 2.24. The highest BCUT2D eigenvalue weighted by molar-refractivity contribution is 5.59. The Morgan fingerprint density at radius 1 is 1.25 bits per heavy atom. The van der Waals surface area contributed by atoms with E-state index >= 15 is 0 Å². The number of hydrogen-bond donors (Lipinski definition) is 2. The molecule has 1 saturated heterocycles. The number of nitrogens with zero attached hydrogens (tertiary/aromatic N) is 2. The SMILES string of the molecule is CCCc1cc(=O)[nH]c(Nc2ccc(N3CCC(C)CC3)cc2)n1. The maximum Gasteiger partial charge on any atom is 0.252 e. The Morgan fingerprint density at radius 2 is 1.96 bits per heavy atom. The molecule has 0 amide bonds. The number of benzene rings is 1. The van der Waals surface area contributed by atoms with E-state index in [-0.39, 0.29) is 5.56 Å². The number of aromatic amines is 1. The van der Waals surface area contributed by atoms with Crippen LogP contribution < -0.4 is 15.8 Å². The summed E-state index contributed by atoms with van der Waals surface area (Å²) >= 11 is 0. The lowest BCUT2D eigenvalue weighted by Crippen LogP contribution is -2.32. The Bertz CT molecular complexity index is 715. The predicted molar refractivity (Wildman–Crippen MR) is 99.2 cm³/mol. The molecule has 1 aromatic carbocycles. The van der Waals surface area contributed by atoms with E-state index < -0.39 is 0 Å². The van der Waals surface area contributed by atoms with Crippen LogP contribution in [-0.2, 0) is 6.42 Å². The second-order valence-electron chi connectivity index (χ2n) is 6.68. The van der Waals surface area contributed by atoms with Crippen molar-refractivity contribution in [2.24, 2.45) is 5.92 Å². The lowest BCUT2D eigenvalue weighted by atomic mass is 9.99. The van der Waals surface area contributed by atoms with Crippen LogP contribution in [0.2, 0.25) is 0 Å². The van der Waals surface area contributed by atoms with E-state index in [4.69, 9.17) is 0 Å². The summed E-state index contributed by atoms with van der Waals surface area (Å²) in [5.41, 5.74) is 2.90. The van der Waals surface area contributed by atoms with Crippen LogP contribution in [0.5, 0.6) is 0 Å². The van der Waals surface area contributed by atoms with Gasteiger partial charge in [-0.2, -0.15) is 0 Å². The molecule has 0 atom stereocenters. The van der Waals surface area contributed by atoms with Crippen molar-refractivity contribution in [2.75, 3.05) is 23.3 Å². The Labute approximate surface area is 143 Å². The molecule has 5 nitrogen and oxygen atoms in total. The van der Waals surface area contributed by atoms with E-state index in [9.17, 15) is 4.79 Å². The molecule has 2 aromatic rings. The van der Waals surface area contributed by atoms with Gasteiger partial charge < -0.3 is 10.2 Å². The van der Waals surface area contributed by atoms with Gasteiger partial charge in [-0.3, -0.25) is 9.78 Å². The summed E-state index contributed by atoms with van der Waals surface area (Å²) in [5.74, 6) is 1.34. The maximum atomic E-state index is 11.7. The number of nitrogens with one attached hydrogen (secondary N) is 2. The number of aromatic nitrogens is 2. The molecule has 1 fully saturated rings. The van der Waals surface area contributed by atoms with Gasteiger partial charge in [-0.25, -0.2) is 4.98 Å². The van der Waals surface area contributed by atoms with E-state index in [1.165, 1.54) is 18.5 Å². The number of H-pyrrole nitrogens is 1. The second-order valence-corrected chi connectivity index (χ2v) is 6.68. The summed E-state index contributed by atoms with van der Waals surface area (Å²) in [6.45, 7) is 6.66. The fourth-order valence-electron chi connectivity index (χ4n) is 3.11. The third-order valence-corrected chi connectivity index (χ3v) is 4.58. The summed E-state index contributed by atoms with van der Waals surface area (Å²) in [7, 11) is 0. The van der Waals surface area contributed by atoms with Gasteiger partial charge in [0.05, 0.1) is 0 Å². The van der Waals surface area contributed by atoms with Gasteiger partial charge in [0.15, 0.2) is 0 Å². The second kappa shape index (κ2) is 7.51. The van der Waals surface area contributed by atoms with Gasteiger partial charge in [-0.1, -0.05) is 20.3 Å². The highest BCUT2D eigenvalue weighted by Gasteiger charge is 2.15. The number of piperidine rings is 1. The molecule has 2 N–H and O–H groups in total. The van der Waals surface area contributed by atoms with Crippen LogP contribution in [0.15, 0.2) is 35.1 Å². The third kappa shape index (κ3) is 4.16. The molecule has 1 aliphatic rings. The van der Waals surface area contributed by atoms with Gasteiger partial charge in [-0.05, 0) is 49.4 Å². The number of rotatable bonds is 5. The molecule has 2 heterocycles. The number of anilines is 3. The topological polar surface area (TPSA) is 61.0 Å². The first-order chi connectivity index (χ1) is 11.6. The summed E-state index contributed by atoms with van der Waals surface area (Å²) in [6, 6.07) is 9.91. The number of aryl methyl sites for hydroxylation is 1. The van der Waals surface area contributed by atoms with Gasteiger partial charge >= 0.3 is 0 Å². The van der Waals surface area contributed by atoms with Crippen molar-refractivity contribution in [3.8, 4) is 0 Å². The Kier molecular flexibility index (Phi) is 5.18. The quantitative estimate of drug-likeness (QED) is 0.879. The average Bonchev–Trinajstić information content (AvgIpc) is 2.56. The first kappa shape index (κ1) is 16.6. The molecule has 128 valence electrons. The normalized spacial score (nSPS) is 15.5. The molecular weight excluding hydrogens is 300 g/mol. The lowest BCUT2D eigenvalue weighted by molar-refractivity contribution is 0.438. The summed E-state index contributed by atoms with van der Waals surface area (Å²) in [4.78, 5) is 21.4. The zero-order valence-corrected chi connectivity index (χ0v) is 14.5. The minimum absolute atomic E-state index is 0.116. The van der Waals surface area contributed by atoms with E-state index in [1.807, 2.05) is 12.1 Å². The van der Waals surface area contributed by atoms with Crippen molar-refractivity contribution in [2.45, 2.75) is 39.5 Å². The number of hydrogen-bond acceptors (Lipinski definition) is 4. The van der Waals surface area contributed by atoms with Gasteiger partial charge in [0, 0.05) is 36.2 Å². The zero-order valence-electron chi connectivity index (χ0n) is 14.5. The Hall–Kier alpha value is -2.30. The monoisotopic (exact) mass is 326 g/mol. The molecule has 5 heteroatoms. The minimum Gasteiger partial charge on any atom is -0.372 e. The Balaban J connectivity index is 1.69. The minimum atomic E-state index is -0.116. The van der Waals surface area contributed by atoms with Gasteiger partial charge in [0.2, 0.25) is 5.95 Å². The lowest BCUT2D eigenvalue weighted by Gasteiger charge is -2.32.